The lowest BCUT2D eigenvalue weighted by molar-refractivity contribution is -0.146. The highest BCUT2D eigenvalue weighted by molar-refractivity contribution is 5.90. The highest BCUT2D eigenvalue weighted by atomic mass is 16.5. The van der Waals surface area contributed by atoms with E-state index in [4.69, 9.17) is 4.74 Å². The Kier molecular flexibility index (Phi) is 4.98. The first-order chi connectivity index (χ1) is 11.2. The van der Waals surface area contributed by atoms with Gasteiger partial charge in [0.15, 0.2) is 0 Å². The van der Waals surface area contributed by atoms with Crippen molar-refractivity contribution in [1.29, 1.82) is 5.26 Å². The van der Waals surface area contributed by atoms with Crippen LogP contribution in [0.15, 0.2) is 18.2 Å². The fourth-order valence-electron chi connectivity index (χ4n) is 2.56. The summed E-state index contributed by atoms with van der Waals surface area (Å²) in [6, 6.07) is 6.51. The van der Waals surface area contributed by atoms with Gasteiger partial charge in [0.1, 0.15) is 11.8 Å². The third kappa shape index (κ3) is 3.77. The predicted molar refractivity (Wildman–Crippen MR) is 87.9 cm³/mol. The van der Waals surface area contributed by atoms with Gasteiger partial charge in [-0.3, -0.25) is 4.79 Å². The van der Waals surface area contributed by atoms with Crippen molar-refractivity contribution in [3.8, 4) is 11.8 Å². The Bertz CT molecular complexity index is 696. The molecule has 1 aromatic carbocycles. The van der Waals surface area contributed by atoms with Crippen molar-refractivity contribution >= 4 is 17.7 Å². The van der Waals surface area contributed by atoms with Crippen LogP contribution in [0.1, 0.15) is 32.8 Å². The number of urea groups is 1. The summed E-state index contributed by atoms with van der Waals surface area (Å²) >= 11 is 0. The van der Waals surface area contributed by atoms with Gasteiger partial charge in [0, 0.05) is 18.8 Å². The Hall–Kier alpha value is -2.75. The number of nitrogens with zero attached hydrogens (tertiary/aromatic N) is 2. The third-order valence-electron chi connectivity index (χ3n) is 3.99. The number of anilines is 1. The predicted octanol–water partition coefficient (Wildman–Crippen LogP) is 2.67. The van der Waals surface area contributed by atoms with E-state index in [2.05, 4.69) is 5.32 Å². The highest BCUT2D eigenvalue weighted by Crippen LogP contribution is 2.31. The van der Waals surface area contributed by atoms with Gasteiger partial charge in [-0.25, -0.2) is 4.79 Å². The molecule has 1 saturated heterocycles. The second-order valence-electron chi connectivity index (χ2n) is 6.46. The number of carboxylic acids is 1. The molecule has 2 N–H and O–H groups in total. The molecule has 7 nitrogen and oxygen atoms in total. The van der Waals surface area contributed by atoms with Crippen molar-refractivity contribution < 1.29 is 19.4 Å². The molecule has 7 heteroatoms. The van der Waals surface area contributed by atoms with Gasteiger partial charge in [0.05, 0.1) is 17.1 Å². The summed E-state index contributed by atoms with van der Waals surface area (Å²) in [4.78, 5) is 25.0. The minimum Gasteiger partial charge on any atom is -0.490 e. The molecular weight excluding hydrogens is 310 g/mol. The average Bonchev–Trinajstić information content (AvgIpc) is 2.92. The maximum Gasteiger partial charge on any atom is 0.321 e. The lowest BCUT2D eigenvalue weighted by Crippen LogP contribution is -2.37. The van der Waals surface area contributed by atoms with E-state index in [0.717, 1.165) is 0 Å². The number of rotatable bonds is 4. The van der Waals surface area contributed by atoms with Crippen molar-refractivity contribution in [2.75, 3.05) is 18.4 Å². The quantitative estimate of drug-likeness (QED) is 0.883. The number of amides is 2. The first-order valence-electron chi connectivity index (χ1n) is 7.75. The van der Waals surface area contributed by atoms with E-state index >= 15 is 0 Å². The summed E-state index contributed by atoms with van der Waals surface area (Å²) < 4.78 is 5.54. The molecule has 24 heavy (non-hydrogen) atoms. The first-order valence-corrected chi connectivity index (χ1v) is 7.75. The van der Waals surface area contributed by atoms with Crippen LogP contribution in [0, 0.1) is 16.7 Å². The molecule has 0 aromatic heterocycles. The number of hydrogen-bond donors (Lipinski definition) is 2. The SMILES string of the molecule is CC(C)Oc1ccc(NC(=O)N2CCC(C)(C(=O)O)C2)cc1C#N. The van der Waals surface area contributed by atoms with E-state index in [1.54, 1.807) is 25.1 Å². The number of likely N-dealkylation sites (tertiary alicyclic amines) is 1. The molecule has 2 amide bonds. The highest BCUT2D eigenvalue weighted by Gasteiger charge is 2.42. The van der Waals surface area contributed by atoms with Crippen LogP contribution >= 0.6 is 0 Å². The molecule has 0 radical (unpaired) electrons. The minimum atomic E-state index is -0.913. The molecule has 1 unspecified atom stereocenters. The average molecular weight is 331 g/mol. The molecule has 1 aliphatic rings. The molecule has 1 atom stereocenters. The zero-order valence-corrected chi connectivity index (χ0v) is 14.0. The van der Waals surface area contributed by atoms with Crippen LogP contribution in [-0.4, -0.2) is 41.2 Å². The standard InChI is InChI=1S/C17H21N3O4/c1-11(2)24-14-5-4-13(8-12(14)9-18)19-16(23)20-7-6-17(3,10-20)15(21)22/h4-5,8,11H,6-7,10H2,1-3H3,(H,19,23)(H,21,22). The van der Waals surface area contributed by atoms with Gasteiger partial charge in [-0.15, -0.1) is 0 Å². The molecule has 1 aromatic rings. The maximum absolute atomic E-state index is 12.3. The van der Waals surface area contributed by atoms with Crippen LogP contribution in [0.25, 0.3) is 0 Å². The smallest absolute Gasteiger partial charge is 0.321 e. The monoisotopic (exact) mass is 331 g/mol. The Morgan fingerprint density at radius 3 is 2.71 bits per heavy atom. The van der Waals surface area contributed by atoms with Crippen molar-refractivity contribution in [3.63, 3.8) is 0 Å². The molecule has 1 aliphatic heterocycles. The van der Waals surface area contributed by atoms with Crippen molar-refractivity contribution in [2.24, 2.45) is 5.41 Å². The van der Waals surface area contributed by atoms with Crippen molar-refractivity contribution in [1.82, 2.24) is 4.90 Å². The molecule has 0 aliphatic carbocycles. The van der Waals surface area contributed by atoms with Crippen LogP contribution in [0.3, 0.4) is 0 Å². The molecule has 0 saturated carbocycles. The van der Waals surface area contributed by atoms with Gasteiger partial charge < -0.3 is 20.1 Å². The number of nitriles is 1. The van der Waals surface area contributed by atoms with Crippen molar-refractivity contribution in [3.05, 3.63) is 23.8 Å². The summed E-state index contributed by atoms with van der Waals surface area (Å²) in [5.41, 5.74) is -0.112. The number of hydrogen-bond acceptors (Lipinski definition) is 4. The number of carbonyl (C=O) groups excluding carboxylic acids is 1. The summed E-state index contributed by atoms with van der Waals surface area (Å²) in [6.07, 6.45) is 0.358. The number of nitrogens with one attached hydrogen (secondary N) is 1. The minimum absolute atomic E-state index is 0.0594. The van der Waals surface area contributed by atoms with Gasteiger partial charge in [0.25, 0.3) is 0 Å². The lowest BCUT2D eigenvalue weighted by Gasteiger charge is -2.20. The molecule has 128 valence electrons. The fourth-order valence-corrected chi connectivity index (χ4v) is 2.56. The van der Waals surface area contributed by atoms with E-state index in [9.17, 15) is 20.0 Å². The van der Waals surface area contributed by atoms with Gasteiger partial charge in [0.2, 0.25) is 0 Å². The van der Waals surface area contributed by atoms with Gasteiger partial charge in [-0.1, -0.05) is 0 Å². The van der Waals surface area contributed by atoms with E-state index in [-0.39, 0.29) is 18.7 Å². The third-order valence-corrected chi connectivity index (χ3v) is 3.99. The number of ether oxygens (including phenoxy) is 1. The summed E-state index contributed by atoms with van der Waals surface area (Å²) in [5.74, 6) is -0.440. The number of carboxylic acid groups (broad SMARTS) is 1. The number of benzene rings is 1. The number of aliphatic carboxylic acids is 1. The largest absolute Gasteiger partial charge is 0.490 e. The van der Waals surface area contributed by atoms with E-state index in [1.165, 1.54) is 4.90 Å². The molecule has 1 fully saturated rings. The Balaban J connectivity index is 2.08. The lowest BCUT2D eigenvalue weighted by atomic mass is 9.90. The zero-order chi connectivity index (χ0) is 17.9. The molecule has 1 heterocycles. The second kappa shape index (κ2) is 6.79. The zero-order valence-electron chi connectivity index (χ0n) is 14.0. The van der Waals surface area contributed by atoms with Gasteiger partial charge >= 0.3 is 12.0 Å². The molecule has 0 bridgehead atoms. The van der Waals surface area contributed by atoms with E-state index in [0.29, 0.717) is 30.0 Å². The van der Waals surface area contributed by atoms with Crippen LogP contribution in [-0.2, 0) is 4.79 Å². The first kappa shape index (κ1) is 17.6. The second-order valence-corrected chi connectivity index (χ2v) is 6.46. The maximum atomic E-state index is 12.3. The van der Waals surface area contributed by atoms with Crippen LogP contribution in [0.4, 0.5) is 10.5 Å². The van der Waals surface area contributed by atoms with Crippen LogP contribution < -0.4 is 10.1 Å². The fraction of sp³-hybridized carbons (Fsp3) is 0.471. The summed E-state index contributed by atoms with van der Waals surface area (Å²) in [7, 11) is 0. The van der Waals surface area contributed by atoms with Gasteiger partial charge in [-0.05, 0) is 45.4 Å². The van der Waals surface area contributed by atoms with Crippen molar-refractivity contribution in [2.45, 2.75) is 33.3 Å². The van der Waals surface area contributed by atoms with E-state index in [1.807, 2.05) is 19.9 Å². The Morgan fingerprint density at radius 2 is 2.17 bits per heavy atom. The van der Waals surface area contributed by atoms with E-state index < -0.39 is 11.4 Å². The molecule has 2 rings (SSSR count). The summed E-state index contributed by atoms with van der Waals surface area (Å²) in [6.45, 7) is 5.91. The molecular formula is C17H21N3O4. The summed E-state index contributed by atoms with van der Waals surface area (Å²) in [5, 5.41) is 21.1. The normalized spacial score (nSPS) is 19.9. The number of carbonyl (C=O) groups is 2. The Labute approximate surface area is 140 Å². The Morgan fingerprint density at radius 1 is 1.46 bits per heavy atom. The molecule has 0 spiro atoms. The van der Waals surface area contributed by atoms with Gasteiger partial charge in [-0.2, -0.15) is 5.26 Å². The topological polar surface area (TPSA) is 103 Å². The van der Waals surface area contributed by atoms with Crippen LogP contribution in [0.2, 0.25) is 0 Å². The van der Waals surface area contributed by atoms with Crippen LogP contribution in [0.5, 0.6) is 5.75 Å².